The zero-order chi connectivity index (χ0) is 46.6. The number of hydrogen-bond donors (Lipinski definition) is 4. The predicted octanol–water partition coefficient (Wildman–Crippen LogP) is 6.46. The molecule has 0 atom stereocenters. The van der Waals surface area contributed by atoms with Gasteiger partial charge in [0.1, 0.15) is 34.6 Å². The van der Waals surface area contributed by atoms with Gasteiger partial charge in [-0.1, -0.05) is 97.1 Å². The van der Waals surface area contributed by atoms with Gasteiger partial charge in [0.05, 0.1) is 52.9 Å². The van der Waals surface area contributed by atoms with E-state index in [-0.39, 0.29) is 26.4 Å². The van der Waals surface area contributed by atoms with Gasteiger partial charge in [-0.2, -0.15) is 0 Å². The summed E-state index contributed by atoms with van der Waals surface area (Å²) in [5.74, 6) is -1.63. The van der Waals surface area contributed by atoms with Crippen LogP contribution in [0, 0.1) is 0 Å². The topological polar surface area (TPSA) is 195 Å². The van der Waals surface area contributed by atoms with Crippen molar-refractivity contribution in [3.8, 4) is 0 Å². The quantitative estimate of drug-likeness (QED) is 0.0397. The van der Waals surface area contributed by atoms with Crippen molar-refractivity contribution in [3.63, 3.8) is 0 Å². The molecule has 0 aliphatic rings. The minimum Gasteiger partial charge on any atom is -0.382 e. The second-order valence-electron chi connectivity index (χ2n) is 17.4. The van der Waals surface area contributed by atoms with E-state index in [2.05, 4.69) is 0 Å². The van der Waals surface area contributed by atoms with Crippen LogP contribution in [0.2, 0.25) is 0 Å². The smallest absolute Gasteiger partial charge is 0.193 e. The van der Waals surface area contributed by atoms with Crippen molar-refractivity contribution in [3.05, 3.63) is 142 Å². The van der Waals surface area contributed by atoms with Crippen molar-refractivity contribution in [2.24, 2.45) is 0 Å². The molecule has 0 fully saturated rings. The Labute approximate surface area is 369 Å². The molecule has 0 spiro atoms. The molecule has 0 aliphatic heterocycles. The van der Waals surface area contributed by atoms with E-state index in [9.17, 15) is 39.6 Å². The maximum absolute atomic E-state index is 12.6. The van der Waals surface area contributed by atoms with Gasteiger partial charge in [0.25, 0.3) is 0 Å². The fourth-order valence-electron chi connectivity index (χ4n) is 6.41. The van der Waals surface area contributed by atoms with Crippen molar-refractivity contribution in [2.75, 3.05) is 52.9 Å². The zero-order valence-electron chi connectivity index (χ0n) is 37.5. The molecule has 4 aromatic rings. The Bertz CT molecular complexity index is 1800. The van der Waals surface area contributed by atoms with E-state index in [0.717, 1.165) is 22.3 Å². The van der Waals surface area contributed by atoms with Crippen molar-refractivity contribution in [1.82, 2.24) is 0 Å². The molecule has 0 unspecified atom stereocenters. The molecule has 4 N–H and O–H groups in total. The van der Waals surface area contributed by atoms with Crippen LogP contribution in [-0.4, -0.2) is 119 Å². The lowest BCUT2D eigenvalue weighted by Crippen LogP contribution is -2.31. The largest absolute Gasteiger partial charge is 0.382 e. The molecule has 0 aromatic heterocycles. The highest BCUT2D eigenvalue weighted by Crippen LogP contribution is 2.30. The summed E-state index contributed by atoms with van der Waals surface area (Å²) in [5.41, 5.74) is -1.65. The molecule has 0 heterocycles. The molecule has 4 aromatic carbocycles. The van der Waals surface area contributed by atoms with Crippen molar-refractivity contribution in [1.29, 1.82) is 0 Å². The lowest BCUT2D eigenvalue weighted by atomic mass is 9.92. The Kier molecular flexibility index (Phi) is 17.9. The van der Waals surface area contributed by atoms with E-state index in [1.165, 1.54) is 55.4 Å². The molecule has 0 amide bonds. The number of aliphatic hydroxyl groups is 4. The van der Waals surface area contributed by atoms with Gasteiger partial charge >= 0.3 is 0 Å². The summed E-state index contributed by atoms with van der Waals surface area (Å²) in [4.78, 5) is 50.4. The van der Waals surface area contributed by atoms with Crippen LogP contribution < -0.4 is 0 Å². The molecule has 13 nitrogen and oxygen atoms in total. The fraction of sp³-hybridized carbons (Fsp3) is 0.440. The fourth-order valence-corrected chi connectivity index (χ4v) is 6.41. The number of ketones is 4. The first-order chi connectivity index (χ1) is 29.5. The van der Waals surface area contributed by atoms with Gasteiger partial charge in [-0.15, -0.1) is 0 Å². The summed E-state index contributed by atoms with van der Waals surface area (Å²) in [5, 5.41) is 40.7. The molecule has 0 radical (unpaired) electrons. The molecule has 340 valence electrons. The van der Waals surface area contributed by atoms with Crippen LogP contribution in [0.4, 0.5) is 0 Å². The van der Waals surface area contributed by atoms with Gasteiger partial charge in [-0.25, -0.2) is 0 Å². The van der Waals surface area contributed by atoms with Crippen molar-refractivity contribution >= 4 is 23.1 Å². The molecule has 13 heteroatoms. The van der Waals surface area contributed by atoms with Crippen LogP contribution >= 0.6 is 0 Å². The number of carbonyl (C=O) groups excluding carboxylic acids is 4. The number of Topliss-reactive ketones (excluding diaryl/α,β-unsaturated/α-hetero) is 4. The van der Waals surface area contributed by atoms with Crippen LogP contribution in [0.15, 0.2) is 97.1 Å². The highest BCUT2D eigenvalue weighted by Gasteiger charge is 2.29. The summed E-state index contributed by atoms with van der Waals surface area (Å²) in [6.45, 7) is 13.7. The number of benzene rings is 4. The molecule has 4 rings (SSSR count). The predicted molar refractivity (Wildman–Crippen MR) is 236 cm³/mol. The highest BCUT2D eigenvalue weighted by molar-refractivity contribution is 6.03. The molecule has 63 heavy (non-hydrogen) atoms. The third kappa shape index (κ3) is 15.2. The number of rotatable bonds is 26. The third-order valence-electron chi connectivity index (χ3n) is 9.89. The minimum absolute atomic E-state index is 0.218. The summed E-state index contributed by atoms with van der Waals surface area (Å²) in [6.07, 6.45) is -1.13. The van der Waals surface area contributed by atoms with Crippen LogP contribution in [0.5, 0.6) is 0 Å². The van der Waals surface area contributed by atoms with E-state index in [1.807, 2.05) is 0 Å². The molecule has 0 aliphatic carbocycles. The van der Waals surface area contributed by atoms with Gasteiger partial charge < -0.3 is 44.1 Å². The first kappa shape index (κ1) is 50.8. The SMILES string of the molecule is CC(C)(O)C(=O)c1ccc(C(OCCOCCOCCOCCOC(c2ccc(C(=O)C(C)(C)O)cc2)c2ccc(C(=O)C(C)(C)O)cc2)c2ccc(C(=O)C(C)(C)O)cc2)cc1. The van der Waals surface area contributed by atoms with Crippen LogP contribution in [0.3, 0.4) is 0 Å². The van der Waals surface area contributed by atoms with Crippen LogP contribution in [-0.2, 0) is 23.7 Å². The summed E-state index contributed by atoms with van der Waals surface area (Å²) >= 11 is 0. The summed E-state index contributed by atoms with van der Waals surface area (Å²) < 4.78 is 29.7. The van der Waals surface area contributed by atoms with E-state index >= 15 is 0 Å². The monoisotopic (exact) mass is 870 g/mol. The third-order valence-corrected chi connectivity index (χ3v) is 9.89. The maximum Gasteiger partial charge on any atom is 0.193 e. The van der Waals surface area contributed by atoms with E-state index < -0.39 is 57.7 Å². The second kappa shape index (κ2) is 22.2. The average Bonchev–Trinajstić information content (AvgIpc) is 3.23. The number of carbonyl (C=O) groups is 4. The molecular formula is C50H62O13. The number of hydrogen-bond acceptors (Lipinski definition) is 13. The Morgan fingerprint density at radius 1 is 0.349 bits per heavy atom. The maximum atomic E-state index is 12.6. The van der Waals surface area contributed by atoms with Gasteiger partial charge in [-0.3, -0.25) is 19.2 Å². The van der Waals surface area contributed by atoms with Gasteiger partial charge in [0.2, 0.25) is 0 Å². The van der Waals surface area contributed by atoms with E-state index in [1.54, 1.807) is 97.1 Å². The second-order valence-corrected chi connectivity index (χ2v) is 17.4. The lowest BCUT2D eigenvalue weighted by Gasteiger charge is -2.21. The summed E-state index contributed by atoms with van der Waals surface area (Å²) in [7, 11) is 0. The van der Waals surface area contributed by atoms with Crippen LogP contribution in [0.1, 0.15) is 131 Å². The molecule has 0 saturated heterocycles. The molecule has 0 saturated carbocycles. The van der Waals surface area contributed by atoms with E-state index in [4.69, 9.17) is 23.7 Å². The van der Waals surface area contributed by atoms with Crippen molar-refractivity contribution < 1.29 is 63.3 Å². The van der Waals surface area contributed by atoms with Gasteiger partial charge in [0.15, 0.2) is 23.1 Å². The van der Waals surface area contributed by atoms with Crippen molar-refractivity contribution in [2.45, 2.75) is 90.0 Å². The van der Waals surface area contributed by atoms with Crippen LogP contribution in [0.25, 0.3) is 0 Å². The normalized spacial score (nSPS) is 12.5. The van der Waals surface area contributed by atoms with Gasteiger partial charge in [0, 0.05) is 22.3 Å². The lowest BCUT2D eigenvalue weighted by molar-refractivity contribution is -0.0221. The highest BCUT2D eigenvalue weighted by atomic mass is 16.6. The Hall–Kier alpha value is -4.80. The molecular weight excluding hydrogens is 809 g/mol. The first-order valence-corrected chi connectivity index (χ1v) is 20.9. The number of ether oxygens (including phenoxy) is 5. The first-order valence-electron chi connectivity index (χ1n) is 20.9. The Morgan fingerprint density at radius 3 is 0.698 bits per heavy atom. The summed E-state index contributed by atoms with van der Waals surface area (Å²) in [6, 6.07) is 27.2. The minimum atomic E-state index is -1.52. The molecule has 0 bridgehead atoms. The van der Waals surface area contributed by atoms with Gasteiger partial charge in [-0.05, 0) is 77.6 Å². The Morgan fingerprint density at radius 2 is 0.524 bits per heavy atom. The zero-order valence-corrected chi connectivity index (χ0v) is 37.5. The average molecular weight is 871 g/mol. The Balaban J connectivity index is 1.23. The van der Waals surface area contributed by atoms with E-state index in [0.29, 0.717) is 48.7 Å². The standard InChI is InChI=1S/C50H62O13/c1-47(2,55)43(51)37-17-9-33(10-18-37)41(34-11-19-38(20-12-34)44(52)48(3,4)56)62-31-29-60-27-25-59-26-28-61-30-32-63-42(35-13-21-39(22-14-35)45(53)49(5,6)57)36-15-23-40(24-16-36)46(54)50(7,8)58/h9-24,41-42,55-58H,25-32H2,1-8H3.